The van der Waals surface area contributed by atoms with E-state index >= 15 is 0 Å². The van der Waals surface area contributed by atoms with Gasteiger partial charge < -0.3 is 9.88 Å². The molecule has 0 fully saturated rings. The summed E-state index contributed by atoms with van der Waals surface area (Å²) in [4.78, 5) is 24.8. The quantitative estimate of drug-likeness (QED) is 0.688. The highest BCUT2D eigenvalue weighted by Crippen LogP contribution is 2.34. The lowest BCUT2D eigenvalue weighted by Crippen LogP contribution is -2.17. The molecule has 6 heteroatoms. The van der Waals surface area contributed by atoms with Crippen LogP contribution in [-0.2, 0) is 11.8 Å². The number of benzene rings is 2. The van der Waals surface area contributed by atoms with Gasteiger partial charge in [-0.1, -0.05) is 54.6 Å². The van der Waals surface area contributed by atoms with Gasteiger partial charge >= 0.3 is 0 Å². The number of rotatable bonds is 3. The van der Waals surface area contributed by atoms with Gasteiger partial charge in [-0.15, -0.1) is 10.2 Å². The van der Waals surface area contributed by atoms with Gasteiger partial charge in [0.1, 0.15) is 5.69 Å². The number of para-hydroxylation sites is 1. The molecule has 1 aliphatic heterocycles. The van der Waals surface area contributed by atoms with Crippen LogP contribution in [0, 0.1) is 5.92 Å². The van der Waals surface area contributed by atoms with Crippen molar-refractivity contribution in [1.82, 2.24) is 4.57 Å². The van der Waals surface area contributed by atoms with Crippen molar-refractivity contribution >= 4 is 34.1 Å². The Morgan fingerprint density at radius 1 is 1.03 bits per heavy atom. The van der Waals surface area contributed by atoms with Gasteiger partial charge in [-0.2, -0.15) is 0 Å². The Morgan fingerprint density at radius 2 is 1.83 bits per heavy atom. The van der Waals surface area contributed by atoms with Crippen molar-refractivity contribution in [3.05, 3.63) is 95.7 Å². The second kappa shape index (κ2) is 7.08. The van der Waals surface area contributed by atoms with E-state index in [1.165, 1.54) is 0 Å². The predicted octanol–water partition coefficient (Wildman–Crippen LogP) is 4.88. The summed E-state index contributed by atoms with van der Waals surface area (Å²) in [6.07, 6.45) is 7.45. The molecule has 0 saturated carbocycles. The van der Waals surface area contributed by atoms with Crippen molar-refractivity contribution < 1.29 is 9.59 Å². The van der Waals surface area contributed by atoms with E-state index in [0.717, 1.165) is 22.0 Å². The first-order chi connectivity index (χ1) is 14.6. The summed E-state index contributed by atoms with van der Waals surface area (Å²) in [7, 11) is 1.88. The fourth-order valence-electron chi connectivity index (χ4n) is 3.84. The first-order valence-electron chi connectivity index (χ1n) is 9.63. The summed E-state index contributed by atoms with van der Waals surface area (Å²) in [5.74, 6) is -0.812. The van der Waals surface area contributed by atoms with E-state index in [-0.39, 0.29) is 17.7 Å². The number of amides is 2. The third-order valence-corrected chi connectivity index (χ3v) is 5.41. The Bertz CT molecular complexity index is 1310. The average molecular weight is 394 g/mol. The van der Waals surface area contributed by atoms with Gasteiger partial charge in [0.2, 0.25) is 0 Å². The average Bonchev–Trinajstić information content (AvgIpc) is 3.12. The molecule has 146 valence electrons. The number of carbonyl (C=O) groups is 2. The van der Waals surface area contributed by atoms with Gasteiger partial charge in [0, 0.05) is 29.2 Å². The van der Waals surface area contributed by atoms with Crippen LogP contribution in [0.2, 0.25) is 0 Å². The number of nitrogens with one attached hydrogen (secondary N) is 1. The molecule has 0 bridgehead atoms. The van der Waals surface area contributed by atoms with E-state index in [1.807, 2.05) is 90.5 Å². The zero-order valence-electron chi connectivity index (χ0n) is 16.2. The van der Waals surface area contributed by atoms with E-state index in [0.29, 0.717) is 17.1 Å². The largest absolute Gasteiger partial charge is 0.340 e. The normalized spacial score (nSPS) is 17.5. The molecule has 1 atom stereocenters. The predicted molar refractivity (Wildman–Crippen MR) is 116 cm³/mol. The minimum atomic E-state index is -0.381. The smallest absolute Gasteiger partial charge is 0.276 e. The van der Waals surface area contributed by atoms with Crippen LogP contribution in [0.5, 0.6) is 0 Å². The molecule has 0 spiro atoms. The van der Waals surface area contributed by atoms with Crippen LogP contribution in [0.1, 0.15) is 16.1 Å². The molecule has 1 aliphatic carbocycles. The maximum Gasteiger partial charge on any atom is 0.276 e. The summed E-state index contributed by atoms with van der Waals surface area (Å²) in [6.45, 7) is 0. The van der Waals surface area contributed by atoms with Crippen molar-refractivity contribution in [2.45, 2.75) is 0 Å². The van der Waals surface area contributed by atoms with E-state index in [2.05, 4.69) is 15.5 Å². The number of hydrogen-bond acceptors (Lipinski definition) is 3. The topological polar surface area (TPSA) is 75.8 Å². The third-order valence-electron chi connectivity index (χ3n) is 5.41. The molecule has 1 unspecified atom stereocenters. The zero-order chi connectivity index (χ0) is 20.7. The summed E-state index contributed by atoms with van der Waals surface area (Å²) < 4.78 is 1.88. The Labute approximate surface area is 172 Å². The number of anilines is 1. The maximum atomic E-state index is 12.8. The van der Waals surface area contributed by atoms with Crippen molar-refractivity contribution in [2.24, 2.45) is 23.2 Å². The number of carbonyl (C=O) groups excluding carboxylic acids is 2. The molecule has 1 aromatic heterocycles. The molecule has 1 N–H and O–H groups in total. The second-order valence-electron chi connectivity index (χ2n) is 7.24. The second-order valence-corrected chi connectivity index (χ2v) is 7.24. The van der Waals surface area contributed by atoms with Crippen LogP contribution in [0.3, 0.4) is 0 Å². The van der Waals surface area contributed by atoms with Gasteiger partial charge in [-0.3, -0.25) is 9.59 Å². The molecule has 30 heavy (non-hydrogen) atoms. The summed E-state index contributed by atoms with van der Waals surface area (Å²) in [5, 5.41) is 11.9. The molecule has 6 nitrogen and oxygen atoms in total. The van der Waals surface area contributed by atoms with Crippen molar-refractivity contribution in [1.29, 1.82) is 0 Å². The SMILES string of the molecule is Cn1c(C(=O)Nc2ccc(C3=C4C=CC=CC4C(=O)N=N3)cc2)cc2ccccc21. The summed E-state index contributed by atoms with van der Waals surface area (Å²) in [6, 6.07) is 17.2. The van der Waals surface area contributed by atoms with Crippen LogP contribution in [-0.4, -0.2) is 16.4 Å². The number of hydrogen-bond donors (Lipinski definition) is 1. The molecule has 3 aromatic rings. The number of azo groups is 1. The molecule has 0 saturated heterocycles. The van der Waals surface area contributed by atoms with Crippen molar-refractivity contribution in [3.8, 4) is 0 Å². The summed E-state index contributed by atoms with van der Waals surface area (Å²) in [5.41, 5.74) is 4.63. The third kappa shape index (κ3) is 2.99. The number of fused-ring (bicyclic) bond motifs is 2. The summed E-state index contributed by atoms with van der Waals surface area (Å²) >= 11 is 0. The fraction of sp³-hybridized carbons (Fsp3) is 0.0833. The first kappa shape index (κ1) is 18.0. The van der Waals surface area contributed by atoms with E-state index in [4.69, 9.17) is 0 Å². The van der Waals surface area contributed by atoms with Gasteiger partial charge in [0.05, 0.1) is 11.6 Å². The lowest BCUT2D eigenvalue weighted by molar-refractivity contribution is -0.119. The molecule has 0 radical (unpaired) electrons. The minimum absolute atomic E-state index is 0.174. The molecular weight excluding hydrogens is 376 g/mol. The van der Waals surface area contributed by atoms with E-state index in [1.54, 1.807) is 0 Å². The maximum absolute atomic E-state index is 12.8. The zero-order valence-corrected chi connectivity index (χ0v) is 16.2. The molecule has 2 aromatic carbocycles. The molecule has 2 amide bonds. The number of aryl methyl sites for hydroxylation is 1. The molecule has 2 heterocycles. The Hall–Kier alpha value is -4.06. The molecule has 2 aliphatic rings. The molecule has 5 rings (SSSR count). The minimum Gasteiger partial charge on any atom is -0.340 e. The standard InChI is InChI=1S/C24H18N4O2/c1-28-20-9-5-2-6-16(20)14-21(28)24(30)25-17-12-10-15(11-13-17)22-18-7-3-4-8-19(18)23(29)27-26-22/h2-14,19H,1H3,(H,25,30). The van der Waals surface area contributed by atoms with E-state index < -0.39 is 0 Å². The van der Waals surface area contributed by atoms with Gasteiger partial charge in [0.25, 0.3) is 11.8 Å². The van der Waals surface area contributed by atoms with Crippen LogP contribution < -0.4 is 5.32 Å². The highest BCUT2D eigenvalue weighted by Gasteiger charge is 2.27. The first-order valence-corrected chi connectivity index (χ1v) is 9.63. The van der Waals surface area contributed by atoms with Gasteiger partial charge in [0.15, 0.2) is 0 Å². The molecular formula is C24H18N4O2. The van der Waals surface area contributed by atoms with Crippen LogP contribution >= 0.6 is 0 Å². The highest BCUT2D eigenvalue weighted by molar-refractivity contribution is 6.06. The lowest BCUT2D eigenvalue weighted by Gasteiger charge is -2.19. The number of aromatic nitrogens is 1. The van der Waals surface area contributed by atoms with Crippen molar-refractivity contribution in [3.63, 3.8) is 0 Å². The van der Waals surface area contributed by atoms with Crippen molar-refractivity contribution in [2.75, 3.05) is 5.32 Å². The van der Waals surface area contributed by atoms with Crippen LogP contribution in [0.25, 0.3) is 16.6 Å². The van der Waals surface area contributed by atoms with Gasteiger partial charge in [-0.25, -0.2) is 0 Å². The monoisotopic (exact) mass is 394 g/mol. The highest BCUT2D eigenvalue weighted by atomic mass is 16.2. The Kier molecular flexibility index (Phi) is 4.25. The lowest BCUT2D eigenvalue weighted by atomic mass is 9.89. The Morgan fingerprint density at radius 3 is 2.63 bits per heavy atom. The van der Waals surface area contributed by atoms with Crippen LogP contribution in [0.4, 0.5) is 5.69 Å². The van der Waals surface area contributed by atoms with E-state index in [9.17, 15) is 9.59 Å². The number of nitrogens with zero attached hydrogens (tertiary/aromatic N) is 3. The fourth-order valence-corrected chi connectivity index (χ4v) is 3.84. The Balaban J connectivity index is 1.40. The van der Waals surface area contributed by atoms with Gasteiger partial charge in [-0.05, 0) is 29.8 Å². The van der Waals surface area contributed by atoms with Crippen LogP contribution in [0.15, 0.2) is 94.7 Å². The number of allylic oxidation sites excluding steroid dienone is 3.